The zero-order valence-corrected chi connectivity index (χ0v) is 15.8. The van der Waals surface area contributed by atoms with Gasteiger partial charge in [0.05, 0.1) is 13.2 Å². The number of hydrogen-bond acceptors (Lipinski definition) is 4. The Morgan fingerprint density at radius 2 is 1.77 bits per heavy atom. The van der Waals surface area contributed by atoms with Crippen LogP contribution >= 0.6 is 0 Å². The Bertz CT molecular complexity index is 697. The van der Waals surface area contributed by atoms with Gasteiger partial charge >= 0.3 is 0 Å². The van der Waals surface area contributed by atoms with E-state index in [1.165, 1.54) is 0 Å². The Balaban J connectivity index is 2.07. The average Bonchev–Trinajstić information content (AvgIpc) is 2.67. The van der Waals surface area contributed by atoms with Crippen molar-refractivity contribution in [3.63, 3.8) is 0 Å². The lowest BCUT2D eigenvalue weighted by molar-refractivity contribution is 0.317. The molecule has 1 heterocycles. The summed E-state index contributed by atoms with van der Waals surface area (Å²) in [4.78, 5) is 10.8. The van der Waals surface area contributed by atoms with Crippen LogP contribution in [-0.2, 0) is 6.54 Å². The third-order valence-electron chi connectivity index (χ3n) is 3.86. The molecule has 6 nitrogen and oxygen atoms in total. The largest absolute Gasteiger partial charge is 0.494 e. The van der Waals surface area contributed by atoms with Gasteiger partial charge in [0.2, 0.25) is 5.88 Å². The number of rotatable bonds is 9. The molecule has 1 aromatic heterocycles. The van der Waals surface area contributed by atoms with Gasteiger partial charge in [-0.3, -0.25) is 0 Å². The molecule has 0 radical (unpaired) electrons. The van der Waals surface area contributed by atoms with Crippen molar-refractivity contribution < 1.29 is 9.47 Å². The van der Waals surface area contributed by atoms with Gasteiger partial charge in [-0.1, -0.05) is 13.0 Å². The molecular formula is C20H28N4O2. The molecule has 2 aromatic rings. The standard InChI is InChI=1S/C20H28N4O2/c1-4-14-25-17-9-11-18(12-10-17)26-19-16(8-7-13-22-19)15-23-20(21)24(5-2)6-3/h7-13H,4-6,14-15H2,1-3H3,(H2,21,23). The lowest BCUT2D eigenvalue weighted by Crippen LogP contribution is -2.37. The molecule has 0 atom stereocenters. The lowest BCUT2D eigenvalue weighted by atomic mass is 10.2. The maximum absolute atomic E-state index is 6.05. The molecule has 0 saturated heterocycles. The van der Waals surface area contributed by atoms with Gasteiger partial charge in [-0.2, -0.15) is 0 Å². The van der Waals surface area contributed by atoms with E-state index in [1.54, 1.807) is 6.20 Å². The Morgan fingerprint density at radius 3 is 2.42 bits per heavy atom. The van der Waals surface area contributed by atoms with Crippen LogP contribution in [0.4, 0.5) is 0 Å². The first-order valence-corrected chi connectivity index (χ1v) is 9.07. The first kappa shape index (κ1) is 19.6. The van der Waals surface area contributed by atoms with Crippen molar-refractivity contribution in [3.8, 4) is 17.4 Å². The van der Waals surface area contributed by atoms with E-state index < -0.39 is 0 Å². The second-order valence-corrected chi connectivity index (χ2v) is 5.74. The van der Waals surface area contributed by atoms with Crippen LogP contribution in [0.25, 0.3) is 0 Å². The fraction of sp³-hybridized carbons (Fsp3) is 0.400. The maximum Gasteiger partial charge on any atom is 0.224 e. The van der Waals surface area contributed by atoms with Crippen molar-refractivity contribution in [1.82, 2.24) is 9.88 Å². The van der Waals surface area contributed by atoms with E-state index in [4.69, 9.17) is 15.2 Å². The highest BCUT2D eigenvalue weighted by Crippen LogP contribution is 2.25. The maximum atomic E-state index is 6.05. The summed E-state index contributed by atoms with van der Waals surface area (Å²) in [7, 11) is 0. The normalized spacial score (nSPS) is 11.3. The summed E-state index contributed by atoms with van der Waals surface area (Å²) in [5.74, 6) is 2.60. The van der Waals surface area contributed by atoms with Gasteiger partial charge < -0.3 is 20.1 Å². The van der Waals surface area contributed by atoms with Gasteiger partial charge in [0.25, 0.3) is 0 Å². The van der Waals surface area contributed by atoms with Crippen LogP contribution in [0.3, 0.4) is 0 Å². The molecule has 140 valence electrons. The smallest absolute Gasteiger partial charge is 0.224 e. The first-order chi connectivity index (χ1) is 12.7. The number of guanidine groups is 1. The third-order valence-corrected chi connectivity index (χ3v) is 3.86. The van der Waals surface area contributed by atoms with E-state index in [-0.39, 0.29) is 0 Å². The number of nitrogens with zero attached hydrogens (tertiary/aromatic N) is 3. The Labute approximate surface area is 155 Å². The summed E-state index contributed by atoms with van der Waals surface area (Å²) >= 11 is 0. The van der Waals surface area contributed by atoms with E-state index in [9.17, 15) is 0 Å². The van der Waals surface area contributed by atoms with Crippen LogP contribution in [0, 0.1) is 0 Å². The quantitative estimate of drug-likeness (QED) is 0.546. The van der Waals surface area contributed by atoms with Gasteiger partial charge in [0.1, 0.15) is 11.5 Å². The van der Waals surface area contributed by atoms with E-state index in [2.05, 4.69) is 30.7 Å². The summed E-state index contributed by atoms with van der Waals surface area (Å²) in [5, 5.41) is 0. The van der Waals surface area contributed by atoms with Crippen LogP contribution in [0.2, 0.25) is 0 Å². The van der Waals surface area contributed by atoms with E-state index in [0.29, 0.717) is 30.7 Å². The fourth-order valence-electron chi connectivity index (χ4n) is 2.39. The summed E-state index contributed by atoms with van der Waals surface area (Å²) in [6.45, 7) is 8.97. The van der Waals surface area contributed by atoms with Crippen LogP contribution in [0.5, 0.6) is 17.4 Å². The first-order valence-electron chi connectivity index (χ1n) is 9.07. The minimum atomic E-state index is 0.420. The van der Waals surface area contributed by atoms with Crippen molar-refractivity contribution in [3.05, 3.63) is 48.2 Å². The predicted octanol–water partition coefficient (Wildman–Crippen LogP) is 3.82. The van der Waals surface area contributed by atoms with Gasteiger partial charge in [-0.25, -0.2) is 9.98 Å². The number of pyridine rings is 1. The van der Waals surface area contributed by atoms with E-state index in [1.807, 2.05) is 41.3 Å². The lowest BCUT2D eigenvalue weighted by Gasteiger charge is -2.19. The number of benzene rings is 1. The molecular weight excluding hydrogens is 328 g/mol. The number of aromatic nitrogens is 1. The molecule has 0 bridgehead atoms. The topological polar surface area (TPSA) is 73.0 Å². The highest BCUT2D eigenvalue weighted by Gasteiger charge is 2.08. The second-order valence-electron chi connectivity index (χ2n) is 5.74. The number of hydrogen-bond donors (Lipinski definition) is 1. The molecule has 26 heavy (non-hydrogen) atoms. The summed E-state index contributed by atoms with van der Waals surface area (Å²) in [5.41, 5.74) is 6.93. The molecule has 0 aliphatic carbocycles. The van der Waals surface area contributed by atoms with Gasteiger partial charge in [-0.05, 0) is 50.6 Å². The molecule has 2 N–H and O–H groups in total. The number of ether oxygens (including phenoxy) is 2. The third kappa shape index (κ3) is 5.65. The van der Waals surface area contributed by atoms with Crippen molar-refractivity contribution >= 4 is 5.96 Å². The van der Waals surface area contributed by atoms with Crippen molar-refractivity contribution in [2.24, 2.45) is 10.7 Å². The van der Waals surface area contributed by atoms with Gasteiger partial charge in [0.15, 0.2) is 5.96 Å². The molecule has 0 fully saturated rings. The summed E-state index contributed by atoms with van der Waals surface area (Å²) < 4.78 is 11.5. The minimum Gasteiger partial charge on any atom is -0.494 e. The monoisotopic (exact) mass is 356 g/mol. The van der Waals surface area contributed by atoms with Crippen LogP contribution in [-0.4, -0.2) is 35.5 Å². The van der Waals surface area contributed by atoms with E-state index in [0.717, 1.165) is 30.8 Å². The number of nitrogens with two attached hydrogens (primary N) is 1. The zero-order chi connectivity index (χ0) is 18.8. The molecule has 0 unspecified atom stereocenters. The van der Waals surface area contributed by atoms with E-state index >= 15 is 0 Å². The number of aliphatic imine (C=N–C) groups is 1. The highest BCUT2D eigenvalue weighted by molar-refractivity contribution is 5.78. The minimum absolute atomic E-state index is 0.420. The predicted molar refractivity (Wildman–Crippen MR) is 105 cm³/mol. The van der Waals surface area contributed by atoms with Crippen LogP contribution in [0.15, 0.2) is 47.6 Å². The molecule has 0 amide bonds. The van der Waals surface area contributed by atoms with Crippen LogP contribution < -0.4 is 15.2 Å². The molecule has 0 saturated carbocycles. The van der Waals surface area contributed by atoms with Crippen molar-refractivity contribution in [1.29, 1.82) is 0 Å². The van der Waals surface area contributed by atoms with Crippen LogP contribution in [0.1, 0.15) is 32.8 Å². The second kappa shape index (κ2) is 10.3. The van der Waals surface area contributed by atoms with Crippen molar-refractivity contribution in [2.45, 2.75) is 33.7 Å². The molecule has 1 aromatic carbocycles. The Kier molecular flexibility index (Phi) is 7.74. The van der Waals surface area contributed by atoms with Gasteiger partial charge in [0, 0.05) is 24.8 Å². The summed E-state index contributed by atoms with van der Waals surface area (Å²) in [6.07, 6.45) is 2.68. The Morgan fingerprint density at radius 1 is 1.08 bits per heavy atom. The highest BCUT2D eigenvalue weighted by atomic mass is 16.5. The molecule has 2 rings (SSSR count). The molecule has 0 aliphatic rings. The molecule has 0 aliphatic heterocycles. The van der Waals surface area contributed by atoms with Crippen molar-refractivity contribution in [2.75, 3.05) is 19.7 Å². The summed E-state index contributed by atoms with van der Waals surface area (Å²) in [6, 6.07) is 11.3. The molecule has 0 spiro atoms. The zero-order valence-electron chi connectivity index (χ0n) is 15.8. The van der Waals surface area contributed by atoms with Gasteiger partial charge in [-0.15, -0.1) is 0 Å². The average molecular weight is 356 g/mol. The molecule has 6 heteroatoms. The Hall–Kier alpha value is -2.76. The SMILES string of the molecule is CCCOc1ccc(Oc2ncccc2CN=C(N)N(CC)CC)cc1. The fourth-order valence-corrected chi connectivity index (χ4v) is 2.39.